The van der Waals surface area contributed by atoms with Gasteiger partial charge >= 0.3 is 0 Å². The van der Waals surface area contributed by atoms with Crippen molar-refractivity contribution in [3.8, 4) is 9.75 Å². The lowest BCUT2D eigenvalue weighted by molar-refractivity contribution is 0.668. The van der Waals surface area contributed by atoms with Crippen molar-refractivity contribution in [3.05, 3.63) is 34.0 Å². The van der Waals surface area contributed by atoms with Crippen LogP contribution in [-0.2, 0) is 12.8 Å². The zero-order chi connectivity index (χ0) is 14.9. The van der Waals surface area contributed by atoms with Crippen molar-refractivity contribution < 1.29 is 0 Å². The molecule has 2 heteroatoms. The second-order valence-corrected chi connectivity index (χ2v) is 7.65. The molecule has 0 aliphatic carbocycles. The van der Waals surface area contributed by atoms with Gasteiger partial charge in [0.15, 0.2) is 0 Å². The fraction of sp³-hybridized carbons (Fsp3) is 0.579. The van der Waals surface area contributed by atoms with Crippen molar-refractivity contribution in [2.24, 2.45) is 0 Å². The molecular formula is C19H28S2. The van der Waals surface area contributed by atoms with Gasteiger partial charge in [0.1, 0.15) is 0 Å². The summed E-state index contributed by atoms with van der Waals surface area (Å²) in [6, 6.07) is 4.69. The summed E-state index contributed by atoms with van der Waals surface area (Å²) in [4.78, 5) is 3.10. The molecule has 0 spiro atoms. The minimum Gasteiger partial charge on any atom is -0.143 e. The largest absolute Gasteiger partial charge is 0.143 e. The summed E-state index contributed by atoms with van der Waals surface area (Å²) in [5, 5.41) is 4.55. The van der Waals surface area contributed by atoms with Crippen molar-refractivity contribution in [2.45, 2.75) is 71.6 Å². The molecule has 2 heterocycles. The van der Waals surface area contributed by atoms with Crippen molar-refractivity contribution >= 4 is 22.7 Å². The van der Waals surface area contributed by atoms with E-state index < -0.39 is 0 Å². The summed E-state index contributed by atoms with van der Waals surface area (Å²) in [5.74, 6) is 0. The number of hydrogen-bond donors (Lipinski definition) is 0. The van der Waals surface area contributed by atoms with Crippen LogP contribution < -0.4 is 0 Å². The maximum Gasteiger partial charge on any atom is 0.0477 e. The zero-order valence-corrected chi connectivity index (χ0v) is 15.1. The second kappa shape index (κ2) is 9.42. The number of thiophene rings is 2. The fourth-order valence-electron chi connectivity index (χ4n) is 2.77. The Morgan fingerprint density at radius 2 is 1.14 bits per heavy atom. The van der Waals surface area contributed by atoms with Gasteiger partial charge in [-0.25, -0.2) is 0 Å². The van der Waals surface area contributed by atoms with Crippen LogP contribution in [0.1, 0.15) is 69.9 Å². The van der Waals surface area contributed by atoms with Crippen LogP contribution in [0, 0.1) is 0 Å². The lowest BCUT2D eigenvalue weighted by atomic mass is 10.0. The molecule has 0 aliphatic heterocycles. The molecule has 0 nitrogen and oxygen atoms in total. The third-order valence-corrected chi connectivity index (χ3v) is 6.13. The van der Waals surface area contributed by atoms with E-state index in [1.807, 2.05) is 22.7 Å². The molecule has 0 aliphatic rings. The minimum atomic E-state index is 1.25. The Kier molecular flexibility index (Phi) is 7.52. The van der Waals surface area contributed by atoms with E-state index in [2.05, 4.69) is 36.7 Å². The van der Waals surface area contributed by atoms with Crippen molar-refractivity contribution in [1.29, 1.82) is 0 Å². The molecule has 0 N–H and O–H groups in total. The second-order valence-electron chi connectivity index (χ2n) is 5.82. The Labute approximate surface area is 138 Å². The SMILES string of the molecule is CCCCCCc1ccsc1-c1sccc1CCCCC. The van der Waals surface area contributed by atoms with Gasteiger partial charge in [-0.1, -0.05) is 46.0 Å². The van der Waals surface area contributed by atoms with Gasteiger partial charge in [0.05, 0.1) is 0 Å². The first kappa shape index (κ1) is 16.8. The molecule has 0 fully saturated rings. The molecule has 2 rings (SSSR count). The molecular weight excluding hydrogens is 292 g/mol. The number of unbranched alkanes of at least 4 members (excludes halogenated alkanes) is 5. The average molecular weight is 321 g/mol. The van der Waals surface area contributed by atoms with Crippen LogP contribution in [0.4, 0.5) is 0 Å². The highest BCUT2D eigenvalue weighted by atomic mass is 32.1. The first-order valence-corrected chi connectivity index (χ1v) is 10.3. The van der Waals surface area contributed by atoms with Crippen molar-refractivity contribution in [2.75, 3.05) is 0 Å². The lowest BCUT2D eigenvalue weighted by Crippen LogP contribution is -1.89. The van der Waals surface area contributed by atoms with Crippen LogP contribution in [0.25, 0.3) is 9.75 Å². The molecule has 116 valence electrons. The zero-order valence-electron chi connectivity index (χ0n) is 13.5. The van der Waals surface area contributed by atoms with E-state index in [9.17, 15) is 0 Å². The normalized spacial score (nSPS) is 11.1. The Morgan fingerprint density at radius 1 is 0.667 bits per heavy atom. The maximum absolute atomic E-state index is 2.35. The summed E-state index contributed by atoms with van der Waals surface area (Å²) in [5.41, 5.74) is 3.15. The molecule has 0 amide bonds. The van der Waals surface area contributed by atoms with Crippen LogP contribution in [0.15, 0.2) is 22.9 Å². The molecule has 2 aromatic heterocycles. The average Bonchev–Trinajstić information content (AvgIpc) is 3.12. The molecule has 0 saturated heterocycles. The van der Waals surface area contributed by atoms with Gasteiger partial charge in [-0.05, 0) is 59.7 Å². The smallest absolute Gasteiger partial charge is 0.0477 e. The molecule has 0 bridgehead atoms. The molecule has 0 unspecified atom stereocenters. The Hall–Kier alpha value is -0.600. The van der Waals surface area contributed by atoms with Crippen molar-refractivity contribution in [1.82, 2.24) is 0 Å². The Balaban J connectivity index is 2.01. The van der Waals surface area contributed by atoms with Crippen LogP contribution in [0.3, 0.4) is 0 Å². The van der Waals surface area contributed by atoms with E-state index in [1.54, 1.807) is 20.9 Å². The van der Waals surface area contributed by atoms with E-state index in [0.29, 0.717) is 0 Å². The molecule has 21 heavy (non-hydrogen) atoms. The van der Waals surface area contributed by atoms with Gasteiger partial charge in [-0.15, -0.1) is 22.7 Å². The highest BCUT2D eigenvalue weighted by Gasteiger charge is 2.12. The highest BCUT2D eigenvalue weighted by Crippen LogP contribution is 2.37. The monoisotopic (exact) mass is 320 g/mol. The van der Waals surface area contributed by atoms with Gasteiger partial charge < -0.3 is 0 Å². The Morgan fingerprint density at radius 3 is 1.67 bits per heavy atom. The van der Waals surface area contributed by atoms with Gasteiger partial charge in [0.2, 0.25) is 0 Å². The first-order chi connectivity index (χ1) is 10.4. The number of aryl methyl sites for hydroxylation is 2. The predicted molar refractivity (Wildman–Crippen MR) is 98.7 cm³/mol. The van der Waals surface area contributed by atoms with Crippen LogP contribution in [0.2, 0.25) is 0 Å². The molecule has 0 saturated carbocycles. The summed E-state index contributed by atoms with van der Waals surface area (Å²) >= 11 is 3.87. The number of hydrogen-bond acceptors (Lipinski definition) is 2. The minimum absolute atomic E-state index is 1.25. The molecule has 0 atom stereocenters. The van der Waals surface area contributed by atoms with Gasteiger partial charge in [-0.3, -0.25) is 0 Å². The fourth-order valence-corrected chi connectivity index (χ4v) is 4.92. The van der Waals surface area contributed by atoms with Gasteiger partial charge in [0.25, 0.3) is 0 Å². The standard InChI is InChI=1S/C19H28S2/c1-3-5-7-9-11-17-13-15-21-19(17)18-16(12-14-20-18)10-8-6-4-2/h12-15H,3-11H2,1-2H3. The van der Waals surface area contributed by atoms with E-state index in [0.717, 1.165) is 0 Å². The van der Waals surface area contributed by atoms with E-state index in [1.165, 1.54) is 57.8 Å². The van der Waals surface area contributed by atoms with Crippen LogP contribution in [0.5, 0.6) is 0 Å². The number of rotatable bonds is 10. The molecule has 0 aromatic carbocycles. The van der Waals surface area contributed by atoms with E-state index >= 15 is 0 Å². The topological polar surface area (TPSA) is 0 Å². The highest BCUT2D eigenvalue weighted by molar-refractivity contribution is 7.20. The third-order valence-electron chi connectivity index (χ3n) is 4.05. The van der Waals surface area contributed by atoms with E-state index in [4.69, 9.17) is 0 Å². The van der Waals surface area contributed by atoms with Gasteiger partial charge in [0, 0.05) is 9.75 Å². The quantitative estimate of drug-likeness (QED) is 0.402. The first-order valence-electron chi connectivity index (χ1n) is 8.49. The summed E-state index contributed by atoms with van der Waals surface area (Å²) in [6.45, 7) is 4.56. The maximum atomic E-state index is 2.35. The molecule has 2 aromatic rings. The van der Waals surface area contributed by atoms with Crippen LogP contribution in [-0.4, -0.2) is 0 Å². The summed E-state index contributed by atoms with van der Waals surface area (Å²) in [6.07, 6.45) is 11.9. The summed E-state index contributed by atoms with van der Waals surface area (Å²) < 4.78 is 0. The third kappa shape index (κ3) is 4.96. The van der Waals surface area contributed by atoms with Crippen LogP contribution >= 0.6 is 22.7 Å². The predicted octanol–water partition coefficient (Wildman–Crippen LogP) is 7.33. The summed E-state index contributed by atoms with van der Waals surface area (Å²) in [7, 11) is 0. The van der Waals surface area contributed by atoms with Gasteiger partial charge in [-0.2, -0.15) is 0 Å². The lowest BCUT2D eigenvalue weighted by Gasteiger charge is -2.06. The molecule has 0 radical (unpaired) electrons. The van der Waals surface area contributed by atoms with E-state index in [-0.39, 0.29) is 0 Å². The Bertz CT molecular complexity index is 507. The van der Waals surface area contributed by atoms with Crippen molar-refractivity contribution in [3.63, 3.8) is 0 Å².